The SMILES string of the molecule is CCCCc1ccc(N[C@H](/C=C(\Cl)c2c(Cl)cc(C)oc2=O)[C@H]2CCCCC2=O)cc1. The van der Waals surface area contributed by atoms with Gasteiger partial charge in [-0.1, -0.05) is 55.1 Å². The summed E-state index contributed by atoms with van der Waals surface area (Å²) in [5.74, 6) is 0.424. The Balaban J connectivity index is 1.91. The highest BCUT2D eigenvalue weighted by Crippen LogP contribution is 2.31. The molecule has 1 aliphatic rings. The first-order valence-corrected chi connectivity index (χ1v) is 11.7. The quantitative estimate of drug-likeness (QED) is 0.471. The number of unbranched alkanes of at least 4 members (excludes halogenated alkanes) is 1. The Morgan fingerprint density at radius 1 is 1.26 bits per heavy atom. The predicted octanol–water partition coefficient (Wildman–Crippen LogP) is 6.76. The first-order chi connectivity index (χ1) is 14.9. The third kappa shape index (κ3) is 6.24. The van der Waals surface area contributed by atoms with Gasteiger partial charge in [-0.05, 0) is 62.4 Å². The molecule has 4 nitrogen and oxygen atoms in total. The van der Waals surface area contributed by atoms with Crippen LogP contribution >= 0.6 is 23.2 Å². The normalized spacial score (nSPS) is 18.1. The van der Waals surface area contributed by atoms with E-state index in [1.54, 1.807) is 19.1 Å². The lowest BCUT2D eigenvalue weighted by atomic mass is 9.82. The van der Waals surface area contributed by atoms with Crippen molar-refractivity contribution < 1.29 is 9.21 Å². The molecule has 2 aromatic rings. The zero-order chi connectivity index (χ0) is 22.4. The Labute approximate surface area is 193 Å². The summed E-state index contributed by atoms with van der Waals surface area (Å²) < 4.78 is 5.17. The first kappa shape index (κ1) is 23.6. The zero-order valence-corrected chi connectivity index (χ0v) is 19.6. The number of carbonyl (C=O) groups excluding carboxylic acids is 1. The van der Waals surface area contributed by atoms with Gasteiger partial charge >= 0.3 is 5.63 Å². The maximum absolute atomic E-state index is 12.7. The van der Waals surface area contributed by atoms with E-state index in [2.05, 4.69) is 24.4 Å². The van der Waals surface area contributed by atoms with Gasteiger partial charge in [-0.15, -0.1) is 0 Å². The molecule has 1 aromatic carbocycles. The molecule has 1 N–H and O–H groups in total. The molecule has 3 rings (SSSR count). The fourth-order valence-corrected chi connectivity index (χ4v) is 4.71. The van der Waals surface area contributed by atoms with Crippen molar-refractivity contribution in [1.82, 2.24) is 0 Å². The van der Waals surface area contributed by atoms with E-state index >= 15 is 0 Å². The smallest absolute Gasteiger partial charge is 0.346 e. The van der Waals surface area contributed by atoms with Crippen molar-refractivity contribution in [2.45, 2.75) is 64.8 Å². The number of halogens is 2. The van der Waals surface area contributed by atoms with Crippen LogP contribution in [0.25, 0.3) is 5.03 Å². The topological polar surface area (TPSA) is 59.3 Å². The van der Waals surface area contributed by atoms with E-state index in [0.29, 0.717) is 12.2 Å². The fraction of sp³-hybridized carbons (Fsp3) is 0.440. The van der Waals surface area contributed by atoms with E-state index in [4.69, 9.17) is 27.6 Å². The summed E-state index contributed by atoms with van der Waals surface area (Å²) in [5.41, 5.74) is 1.74. The molecule has 0 radical (unpaired) electrons. The molecule has 1 heterocycles. The summed E-state index contributed by atoms with van der Waals surface area (Å²) in [6.45, 7) is 3.84. The number of hydrogen-bond acceptors (Lipinski definition) is 4. The van der Waals surface area contributed by atoms with Crippen LogP contribution in [-0.2, 0) is 11.2 Å². The first-order valence-electron chi connectivity index (χ1n) is 10.9. The van der Waals surface area contributed by atoms with E-state index in [1.165, 1.54) is 5.56 Å². The Morgan fingerprint density at radius 2 is 2.00 bits per heavy atom. The third-order valence-corrected chi connectivity index (χ3v) is 6.35. The summed E-state index contributed by atoms with van der Waals surface area (Å²) in [7, 11) is 0. The summed E-state index contributed by atoms with van der Waals surface area (Å²) >= 11 is 12.8. The Kier molecular flexibility index (Phi) is 8.39. The van der Waals surface area contributed by atoms with Gasteiger partial charge in [0, 0.05) is 18.0 Å². The molecule has 1 aromatic heterocycles. The van der Waals surface area contributed by atoms with Crippen LogP contribution in [0.5, 0.6) is 0 Å². The van der Waals surface area contributed by atoms with Crippen LogP contribution in [0.1, 0.15) is 62.3 Å². The molecule has 1 saturated carbocycles. The molecule has 2 atom stereocenters. The molecule has 0 saturated heterocycles. The molecule has 6 heteroatoms. The fourth-order valence-electron chi connectivity index (χ4n) is 4.02. The van der Waals surface area contributed by atoms with Crippen LogP contribution in [-0.4, -0.2) is 11.8 Å². The van der Waals surface area contributed by atoms with Crippen molar-refractivity contribution in [3.63, 3.8) is 0 Å². The van der Waals surface area contributed by atoms with Gasteiger partial charge in [0.05, 0.1) is 21.7 Å². The van der Waals surface area contributed by atoms with E-state index in [0.717, 1.165) is 44.2 Å². The van der Waals surface area contributed by atoms with Crippen molar-refractivity contribution >= 4 is 39.7 Å². The number of ketones is 1. The molecule has 0 bridgehead atoms. The molecule has 0 spiro atoms. The highest BCUT2D eigenvalue weighted by molar-refractivity contribution is 6.50. The predicted molar refractivity (Wildman–Crippen MR) is 128 cm³/mol. The van der Waals surface area contributed by atoms with Crippen molar-refractivity contribution in [3.8, 4) is 0 Å². The number of nitrogens with one attached hydrogen (secondary N) is 1. The van der Waals surface area contributed by atoms with Crippen LogP contribution in [0.3, 0.4) is 0 Å². The number of aryl methyl sites for hydroxylation is 2. The van der Waals surface area contributed by atoms with Crippen LogP contribution in [0.15, 0.2) is 45.6 Å². The number of Topliss-reactive ketones (excluding diaryl/α,β-unsaturated/α-hetero) is 1. The molecule has 31 heavy (non-hydrogen) atoms. The second-order valence-electron chi connectivity index (χ2n) is 8.17. The van der Waals surface area contributed by atoms with Crippen LogP contribution in [0.2, 0.25) is 5.02 Å². The van der Waals surface area contributed by atoms with Gasteiger partial charge < -0.3 is 9.73 Å². The number of hydrogen-bond donors (Lipinski definition) is 1. The van der Waals surface area contributed by atoms with Crippen molar-refractivity contribution in [3.05, 3.63) is 68.7 Å². The average molecular weight is 462 g/mol. The Bertz CT molecular complexity index is 995. The van der Waals surface area contributed by atoms with Crippen LogP contribution in [0, 0.1) is 12.8 Å². The molecule has 166 valence electrons. The second kappa shape index (κ2) is 11.0. The molecular weight excluding hydrogens is 433 g/mol. The maximum atomic E-state index is 12.7. The molecule has 1 fully saturated rings. The van der Waals surface area contributed by atoms with Gasteiger partial charge in [0.1, 0.15) is 11.5 Å². The highest BCUT2D eigenvalue weighted by Gasteiger charge is 2.30. The minimum atomic E-state index is -0.583. The Morgan fingerprint density at radius 3 is 2.65 bits per heavy atom. The van der Waals surface area contributed by atoms with Gasteiger partial charge in [0.15, 0.2) is 0 Å². The standard InChI is InChI=1S/C25H29Cl2NO3/c1-3-4-7-17-10-12-18(13-11-17)28-22(19-8-5-6-9-23(19)29)15-21(27)24-20(26)14-16(2)31-25(24)30/h10-15,19,22,28H,3-9H2,1-2H3/b21-15-/t19-,22-/m1/s1. The van der Waals surface area contributed by atoms with Gasteiger partial charge in [0.25, 0.3) is 0 Å². The van der Waals surface area contributed by atoms with E-state index in [-0.39, 0.29) is 33.4 Å². The van der Waals surface area contributed by atoms with Crippen molar-refractivity contribution in [1.29, 1.82) is 0 Å². The lowest BCUT2D eigenvalue weighted by Gasteiger charge is -2.29. The maximum Gasteiger partial charge on any atom is 0.346 e. The minimum Gasteiger partial charge on any atom is -0.428 e. The van der Waals surface area contributed by atoms with Crippen LogP contribution < -0.4 is 10.9 Å². The third-order valence-electron chi connectivity index (χ3n) is 5.73. The van der Waals surface area contributed by atoms with Crippen LogP contribution in [0.4, 0.5) is 5.69 Å². The molecule has 0 aliphatic heterocycles. The van der Waals surface area contributed by atoms with Crippen molar-refractivity contribution in [2.24, 2.45) is 5.92 Å². The van der Waals surface area contributed by atoms with Gasteiger partial charge in [-0.2, -0.15) is 0 Å². The average Bonchev–Trinajstić information content (AvgIpc) is 2.72. The van der Waals surface area contributed by atoms with Crippen molar-refractivity contribution in [2.75, 3.05) is 5.32 Å². The monoisotopic (exact) mass is 461 g/mol. The molecular formula is C25H29Cl2NO3. The number of benzene rings is 1. The zero-order valence-electron chi connectivity index (χ0n) is 18.0. The van der Waals surface area contributed by atoms with Gasteiger partial charge in [0.2, 0.25) is 0 Å². The molecule has 0 amide bonds. The number of carbonyl (C=O) groups is 1. The largest absolute Gasteiger partial charge is 0.428 e. The lowest BCUT2D eigenvalue weighted by Crippen LogP contribution is -2.35. The summed E-state index contributed by atoms with van der Waals surface area (Å²) in [4.78, 5) is 25.0. The molecule has 1 aliphatic carbocycles. The number of rotatable bonds is 8. The minimum absolute atomic E-state index is 0.124. The summed E-state index contributed by atoms with van der Waals surface area (Å²) in [5, 5.41) is 3.88. The van der Waals surface area contributed by atoms with E-state index in [1.807, 2.05) is 12.1 Å². The summed E-state index contributed by atoms with van der Waals surface area (Å²) in [6, 6.07) is 9.49. The van der Waals surface area contributed by atoms with E-state index < -0.39 is 5.63 Å². The van der Waals surface area contributed by atoms with Gasteiger partial charge in [-0.25, -0.2) is 4.79 Å². The van der Waals surface area contributed by atoms with Gasteiger partial charge in [-0.3, -0.25) is 4.79 Å². The second-order valence-corrected chi connectivity index (χ2v) is 8.99. The molecule has 0 unspecified atom stereocenters. The summed E-state index contributed by atoms with van der Waals surface area (Å²) in [6.07, 6.45) is 8.35. The van der Waals surface area contributed by atoms with E-state index in [9.17, 15) is 9.59 Å². The lowest BCUT2D eigenvalue weighted by molar-refractivity contribution is -0.124. The Hall–Kier alpha value is -2.04. The highest BCUT2D eigenvalue weighted by atomic mass is 35.5. The number of anilines is 1.